The fourth-order valence-electron chi connectivity index (χ4n) is 3.29. The number of hydrogen-bond donors (Lipinski definition) is 0. The molecular formula is C28H49FeNO2-6. The van der Waals surface area contributed by atoms with Crippen molar-refractivity contribution < 1.29 is 31.5 Å². The van der Waals surface area contributed by atoms with Gasteiger partial charge in [-0.05, 0) is 32.6 Å². The molecule has 0 N–H and O–H groups in total. The molecule has 0 spiro atoms. The predicted octanol–water partition coefficient (Wildman–Crippen LogP) is 6.57. The maximum Gasteiger partial charge on any atom is 0.0786 e. The van der Waals surface area contributed by atoms with E-state index < -0.39 is 5.97 Å². The number of quaternary nitrogens is 1. The third kappa shape index (κ3) is 26.7. The number of aliphatic carboxylic acids is 1. The van der Waals surface area contributed by atoms with E-state index in [1.165, 1.54) is 82.0 Å². The maximum absolute atomic E-state index is 8.89. The molecule has 0 aliphatic carbocycles. The van der Waals surface area contributed by atoms with Crippen molar-refractivity contribution in [3.05, 3.63) is 60.7 Å². The van der Waals surface area contributed by atoms with Gasteiger partial charge in [0.05, 0.1) is 26.2 Å². The Labute approximate surface area is 210 Å². The monoisotopic (exact) mass is 487 g/mol. The van der Waals surface area contributed by atoms with Crippen LogP contribution in [0.1, 0.15) is 86.0 Å². The molecule has 0 amide bonds. The number of carbonyl (C=O) groups is 1. The van der Waals surface area contributed by atoms with Crippen LogP contribution in [0.3, 0.4) is 0 Å². The van der Waals surface area contributed by atoms with Gasteiger partial charge in [0.15, 0.2) is 0 Å². The molecular weight excluding hydrogens is 438 g/mol. The van der Waals surface area contributed by atoms with Crippen molar-refractivity contribution in [2.75, 3.05) is 26.2 Å². The number of hydrogen-bond acceptors (Lipinski definition) is 2. The molecule has 3 nitrogen and oxygen atoms in total. The molecule has 2 rings (SSSR count). The first kappa shape index (κ1) is 35.2. The summed E-state index contributed by atoms with van der Waals surface area (Å²) >= 11 is 0. The molecule has 0 bridgehead atoms. The number of nitrogens with zero attached hydrogens (tertiary/aromatic N) is 1. The van der Waals surface area contributed by atoms with E-state index in [2.05, 4.69) is 27.7 Å². The molecule has 0 saturated carbocycles. The van der Waals surface area contributed by atoms with Crippen LogP contribution in [0.15, 0.2) is 60.7 Å². The van der Waals surface area contributed by atoms with Gasteiger partial charge in [0.2, 0.25) is 0 Å². The Hall–Kier alpha value is -1.35. The van der Waals surface area contributed by atoms with Crippen molar-refractivity contribution >= 4 is 5.97 Å². The van der Waals surface area contributed by atoms with Gasteiger partial charge in [-0.1, -0.05) is 53.4 Å². The van der Waals surface area contributed by atoms with Crippen LogP contribution in [-0.2, 0) is 21.9 Å². The zero-order chi connectivity index (χ0) is 23.6. The van der Waals surface area contributed by atoms with E-state index in [9.17, 15) is 0 Å². The average molecular weight is 488 g/mol. The Balaban J connectivity index is -0.000000448. The fourth-order valence-corrected chi connectivity index (χ4v) is 3.29. The number of carboxylic acid groups (broad SMARTS) is 1. The van der Waals surface area contributed by atoms with E-state index in [-0.39, 0.29) is 17.1 Å². The third-order valence-electron chi connectivity index (χ3n) is 5.06. The first-order valence-electron chi connectivity index (χ1n) is 12.3. The minimum Gasteiger partial charge on any atom is -0.748 e. The summed E-state index contributed by atoms with van der Waals surface area (Å²) in [7, 11) is 0. The van der Waals surface area contributed by atoms with Gasteiger partial charge in [0.25, 0.3) is 0 Å². The molecule has 0 atom stereocenters. The molecule has 0 aliphatic rings. The van der Waals surface area contributed by atoms with Crippen LogP contribution >= 0.6 is 0 Å². The largest absolute Gasteiger partial charge is 0.748 e. The van der Waals surface area contributed by atoms with Crippen LogP contribution < -0.4 is 5.11 Å². The quantitative estimate of drug-likeness (QED) is 0.193. The summed E-state index contributed by atoms with van der Waals surface area (Å²) in [6.45, 7) is 16.0. The van der Waals surface area contributed by atoms with E-state index in [0.29, 0.717) is 0 Å². The predicted molar refractivity (Wildman–Crippen MR) is 134 cm³/mol. The van der Waals surface area contributed by atoms with Crippen molar-refractivity contribution in [2.24, 2.45) is 0 Å². The van der Waals surface area contributed by atoms with E-state index in [1.807, 2.05) is 60.7 Å². The minimum absolute atomic E-state index is 0. The standard InChI is InChI=1S/C16H36N.2C5H5.C2H4O2.Fe/c1-5-9-13-17(14-10-6-2,15-11-7-3)16-12-8-4;2*1-2-4-5-3-1;1-2(3)4;/h5-16H2,1-4H3;2*1-5H;1H3,(H,3,4);/q+1;-5;-1;;/p-1. The number of carbonyl (C=O) groups excluding carboxylic acids is 1. The Morgan fingerprint density at radius 1 is 0.688 bits per heavy atom. The first-order chi connectivity index (χ1) is 15.0. The summed E-state index contributed by atoms with van der Waals surface area (Å²) in [6, 6.07) is 20.0. The van der Waals surface area contributed by atoms with Crippen LogP contribution in [0.25, 0.3) is 0 Å². The van der Waals surface area contributed by atoms with Gasteiger partial charge < -0.3 is 44.7 Å². The summed E-state index contributed by atoms with van der Waals surface area (Å²) in [5.74, 6) is -1.08. The van der Waals surface area contributed by atoms with Crippen molar-refractivity contribution in [1.29, 1.82) is 0 Å². The van der Waals surface area contributed by atoms with Gasteiger partial charge in [-0.15, -0.1) is 0 Å². The number of unbranched alkanes of at least 4 members (excludes halogenated alkanes) is 4. The van der Waals surface area contributed by atoms with E-state index in [1.54, 1.807) is 0 Å². The van der Waals surface area contributed by atoms with Crippen LogP contribution in [0.2, 0.25) is 0 Å². The molecule has 0 aliphatic heterocycles. The fraction of sp³-hybridized carbons (Fsp3) is 0.607. The normalized spacial score (nSPS) is 9.66. The molecule has 192 valence electrons. The van der Waals surface area contributed by atoms with Gasteiger partial charge in [0.1, 0.15) is 0 Å². The second-order valence-electron chi connectivity index (χ2n) is 8.07. The Morgan fingerprint density at radius 2 is 0.938 bits per heavy atom. The molecule has 0 unspecified atom stereocenters. The van der Waals surface area contributed by atoms with Gasteiger partial charge in [0, 0.05) is 23.0 Å². The molecule has 32 heavy (non-hydrogen) atoms. The number of carboxylic acids is 1. The van der Waals surface area contributed by atoms with Crippen molar-refractivity contribution in [3.8, 4) is 0 Å². The van der Waals surface area contributed by atoms with Crippen molar-refractivity contribution in [3.63, 3.8) is 0 Å². The molecule has 0 radical (unpaired) electrons. The van der Waals surface area contributed by atoms with Crippen LogP contribution in [0.5, 0.6) is 0 Å². The second-order valence-corrected chi connectivity index (χ2v) is 8.07. The maximum atomic E-state index is 8.89. The summed E-state index contributed by atoms with van der Waals surface area (Å²) in [6.07, 6.45) is 11.1. The Morgan fingerprint density at radius 3 is 1.09 bits per heavy atom. The third-order valence-corrected chi connectivity index (χ3v) is 5.06. The van der Waals surface area contributed by atoms with E-state index in [4.69, 9.17) is 9.90 Å². The second kappa shape index (κ2) is 27.7. The molecule has 2 aromatic rings. The van der Waals surface area contributed by atoms with Gasteiger partial charge >= 0.3 is 0 Å². The summed E-state index contributed by atoms with van der Waals surface area (Å²) in [4.78, 5) is 8.89. The van der Waals surface area contributed by atoms with Crippen molar-refractivity contribution in [2.45, 2.75) is 86.0 Å². The van der Waals surface area contributed by atoms with Crippen LogP contribution in [0.4, 0.5) is 0 Å². The summed E-state index contributed by atoms with van der Waals surface area (Å²) in [5.41, 5.74) is 0. The average Bonchev–Trinajstić information content (AvgIpc) is 3.51. The first-order valence-corrected chi connectivity index (χ1v) is 12.3. The van der Waals surface area contributed by atoms with Crippen molar-refractivity contribution in [1.82, 2.24) is 0 Å². The Kier molecular flexibility index (Phi) is 30.5. The van der Waals surface area contributed by atoms with Gasteiger partial charge in [-0.25, -0.2) is 12.1 Å². The Bertz CT molecular complexity index is 436. The zero-order valence-corrected chi connectivity index (χ0v) is 22.5. The molecule has 4 heteroatoms. The molecule has 0 fully saturated rings. The van der Waals surface area contributed by atoms with Gasteiger partial charge in [-0.2, -0.15) is 18.2 Å². The molecule has 0 heterocycles. The SMILES string of the molecule is CC(=O)[O-].CCCC[N+](CCCC)(CCCC)CCCC.[Fe].[cH-]1[cH-][cH-][cH-][cH-]1.c1cc[cH-]c1. The topological polar surface area (TPSA) is 40.1 Å². The van der Waals surface area contributed by atoms with Crippen LogP contribution in [0, 0.1) is 0 Å². The molecule has 2 aromatic carbocycles. The van der Waals surface area contributed by atoms with E-state index in [0.717, 1.165) is 6.92 Å². The molecule has 0 saturated heterocycles. The number of rotatable bonds is 12. The summed E-state index contributed by atoms with van der Waals surface area (Å²) < 4.78 is 1.42. The smallest absolute Gasteiger partial charge is 0.0786 e. The summed E-state index contributed by atoms with van der Waals surface area (Å²) in [5, 5.41) is 8.89. The van der Waals surface area contributed by atoms with Gasteiger partial charge in [-0.3, -0.25) is 0 Å². The van der Waals surface area contributed by atoms with E-state index >= 15 is 0 Å². The molecule has 0 aromatic heterocycles. The minimum atomic E-state index is -1.08. The zero-order valence-electron chi connectivity index (χ0n) is 21.4. The van der Waals surface area contributed by atoms with Crippen LogP contribution in [-0.4, -0.2) is 36.6 Å².